The minimum atomic E-state index is 0.0966. The predicted octanol–water partition coefficient (Wildman–Crippen LogP) is 0.890. The number of H-pyrrole nitrogens is 1. The molecule has 0 atom stereocenters. The van der Waals surface area contributed by atoms with Gasteiger partial charge >= 0.3 is 0 Å². The maximum Gasteiger partial charge on any atom is 0.241 e. The van der Waals surface area contributed by atoms with E-state index in [1.54, 1.807) is 17.2 Å². The van der Waals surface area contributed by atoms with E-state index in [1.165, 1.54) is 0 Å². The molecule has 94 valence electrons. The Balaban J connectivity index is 1.97. The van der Waals surface area contributed by atoms with Gasteiger partial charge in [0.25, 0.3) is 0 Å². The summed E-state index contributed by atoms with van der Waals surface area (Å²) in [5.41, 5.74) is 0.830. The number of fused-ring (bicyclic) bond motifs is 1. The Hall–Kier alpha value is -1.82. The molecule has 3 rings (SSSR count). The highest BCUT2D eigenvalue weighted by Crippen LogP contribution is 2.25. The van der Waals surface area contributed by atoms with Crippen LogP contribution in [0.4, 0.5) is 5.82 Å². The van der Waals surface area contributed by atoms with Crippen molar-refractivity contribution >= 4 is 34.2 Å². The quantitative estimate of drug-likeness (QED) is 0.778. The molecule has 0 aromatic carbocycles. The van der Waals surface area contributed by atoms with Crippen LogP contribution in [0.2, 0.25) is 5.15 Å². The molecule has 0 spiro atoms. The third-order valence-corrected chi connectivity index (χ3v) is 3.36. The van der Waals surface area contributed by atoms with E-state index in [9.17, 15) is 4.79 Å². The van der Waals surface area contributed by atoms with E-state index in [1.807, 2.05) is 11.9 Å². The number of nitrogens with zero attached hydrogens (tertiary/aromatic N) is 4. The average molecular weight is 266 g/mol. The molecule has 1 saturated heterocycles. The van der Waals surface area contributed by atoms with Gasteiger partial charge in [0.05, 0.1) is 17.4 Å². The van der Waals surface area contributed by atoms with E-state index >= 15 is 0 Å². The highest BCUT2D eigenvalue weighted by molar-refractivity contribution is 6.30. The van der Waals surface area contributed by atoms with Crippen LogP contribution in [-0.2, 0) is 4.79 Å². The fourth-order valence-corrected chi connectivity index (χ4v) is 2.21. The van der Waals surface area contributed by atoms with Crippen LogP contribution in [0.15, 0.2) is 12.3 Å². The van der Waals surface area contributed by atoms with Gasteiger partial charge in [-0.15, -0.1) is 0 Å². The second kappa shape index (κ2) is 4.13. The number of rotatable bonds is 1. The first-order valence-corrected chi connectivity index (χ1v) is 6.01. The van der Waals surface area contributed by atoms with Crippen LogP contribution in [0.3, 0.4) is 0 Å². The number of halogens is 1. The van der Waals surface area contributed by atoms with Crippen molar-refractivity contribution in [1.29, 1.82) is 0 Å². The molecule has 0 aliphatic carbocycles. The van der Waals surface area contributed by atoms with Crippen molar-refractivity contribution in [2.75, 3.05) is 31.6 Å². The van der Waals surface area contributed by atoms with Crippen LogP contribution >= 0.6 is 11.6 Å². The molecule has 3 heterocycles. The molecule has 1 fully saturated rings. The summed E-state index contributed by atoms with van der Waals surface area (Å²) in [5.74, 6) is 0.856. The number of hydrogen-bond donors (Lipinski definition) is 1. The third kappa shape index (κ3) is 1.78. The lowest BCUT2D eigenvalue weighted by Gasteiger charge is -2.32. The lowest BCUT2D eigenvalue weighted by atomic mass is 10.2. The number of pyridine rings is 1. The van der Waals surface area contributed by atoms with Gasteiger partial charge in [0, 0.05) is 32.4 Å². The van der Waals surface area contributed by atoms with Crippen molar-refractivity contribution in [3.05, 3.63) is 17.4 Å². The molecule has 0 unspecified atom stereocenters. The summed E-state index contributed by atoms with van der Waals surface area (Å²) >= 11 is 5.82. The molecule has 1 amide bonds. The van der Waals surface area contributed by atoms with E-state index in [-0.39, 0.29) is 5.91 Å². The van der Waals surface area contributed by atoms with E-state index in [2.05, 4.69) is 15.2 Å². The van der Waals surface area contributed by atoms with Crippen molar-refractivity contribution in [2.45, 2.75) is 0 Å². The molecule has 7 heteroatoms. The van der Waals surface area contributed by atoms with Gasteiger partial charge in [-0.25, -0.2) is 4.98 Å². The van der Waals surface area contributed by atoms with E-state index < -0.39 is 0 Å². The minimum absolute atomic E-state index is 0.0966. The van der Waals surface area contributed by atoms with E-state index in [0.29, 0.717) is 18.2 Å². The van der Waals surface area contributed by atoms with Crippen LogP contribution in [-0.4, -0.2) is 52.7 Å². The van der Waals surface area contributed by atoms with Gasteiger partial charge in [0.15, 0.2) is 5.82 Å². The monoisotopic (exact) mass is 265 g/mol. The SMILES string of the molecule is CN1CCN(c2n[nH]c3cc(Cl)ncc23)CC1=O. The fourth-order valence-electron chi connectivity index (χ4n) is 2.05. The normalized spacial score (nSPS) is 16.7. The van der Waals surface area contributed by atoms with Gasteiger partial charge in [-0.05, 0) is 0 Å². The van der Waals surface area contributed by atoms with Crippen LogP contribution in [0.5, 0.6) is 0 Å². The molecule has 0 bridgehead atoms. The third-order valence-electron chi connectivity index (χ3n) is 3.15. The number of anilines is 1. The van der Waals surface area contributed by atoms with Gasteiger partial charge < -0.3 is 9.80 Å². The van der Waals surface area contributed by atoms with E-state index in [0.717, 1.165) is 23.3 Å². The minimum Gasteiger partial charge on any atom is -0.343 e. The summed E-state index contributed by atoms with van der Waals surface area (Å²) in [6.07, 6.45) is 1.68. The number of aromatic nitrogens is 3. The Morgan fingerprint density at radius 3 is 3.06 bits per heavy atom. The van der Waals surface area contributed by atoms with Crippen molar-refractivity contribution in [2.24, 2.45) is 0 Å². The Morgan fingerprint density at radius 2 is 2.28 bits per heavy atom. The lowest BCUT2D eigenvalue weighted by Crippen LogP contribution is -2.48. The van der Waals surface area contributed by atoms with Crippen LogP contribution in [0.1, 0.15) is 0 Å². The highest BCUT2D eigenvalue weighted by atomic mass is 35.5. The molecule has 2 aromatic rings. The molecule has 0 radical (unpaired) electrons. The zero-order valence-electron chi connectivity index (χ0n) is 9.85. The second-order valence-electron chi connectivity index (χ2n) is 4.34. The van der Waals surface area contributed by atoms with Crippen molar-refractivity contribution in [3.8, 4) is 0 Å². The van der Waals surface area contributed by atoms with Gasteiger partial charge in [-0.3, -0.25) is 9.89 Å². The van der Waals surface area contributed by atoms with Gasteiger partial charge in [0.1, 0.15) is 5.15 Å². The molecule has 6 nitrogen and oxygen atoms in total. The number of likely N-dealkylation sites (N-methyl/N-ethyl adjacent to an activating group) is 1. The molecule has 1 N–H and O–H groups in total. The van der Waals surface area contributed by atoms with Gasteiger partial charge in [-0.1, -0.05) is 11.6 Å². The first-order valence-electron chi connectivity index (χ1n) is 5.63. The Kier molecular flexibility index (Phi) is 2.59. The standard InChI is InChI=1S/C11H12ClN5O/c1-16-2-3-17(6-10(16)18)11-7-5-13-9(12)4-8(7)14-15-11/h4-5H,2-3,6H2,1H3,(H,14,15). The first-order chi connectivity index (χ1) is 8.65. The number of hydrogen-bond acceptors (Lipinski definition) is 4. The summed E-state index contributed by atoms with van der Waals surface area (Å²) in [4.78, 5) is 19.4. The van der Waals surface area contributed by atoms with Crippen LogP contribution in [0, 0.1) is 0 Å². The summed E-state index contributed by atoms with van der Waals surface area (Å²) in [6, 6.07) is 1.73. The summed E-state index contributed by atoms with van der Waals surface area (Å²) in [7, 11) is 1.81. The zero-order chi connectivity index (χ0) is 12.7. The topological polar surface area (TPSA) is 65.1 Å². The molecule has 1 aliphatic rings. The number of nitrogens with one attached hydrogen (secondary N) is 1. The van der Waals surface area contributed by atoms with Crippen molar-refractivity contribution in [3.63, 3.8) is 0 Å². The first kappa shape index (κ1) is 11.3. The Morgan fingerprint density at radius 1 is 1.44 bits per heavy atom. The molecule has 1 aliphatic heterocycles. The number of piperazine rings is 1. The molecule has 0 saturated carbocycles. The van der Waals surface area contributed by atoms with Gasteiger partial charge in [-0.2, -0.15) is 5.10 Å². The summed E-state index contributed by atoms with van der Waals surface area (Å²) < 4.78 is 0. The number of aromatic amines is 1. The Labute approximate surface area is 109 Å². The van der Waals surface area contributed by atoms with Crippen molar-refractivity contribution in [1.82, 2.24) is 20.1 Å². The second-order valence-corrected chi connectivity index (χ2v) is 4.72. The molecular weight excluding hydrogens is 254 g/mol. The molecule has 18 heavy (non-hydrogen) atoms. The van der Waals surface area contributed by atoms with Gasteiger partial charge in [0.2, 0.25) is 5.91 Å². The average Bonchev–Trinajstić information content (AvgIpc) is 2.75. The van der Waals surface area contributed by atoms with Crippen molar-refractivity contribution < 1.29 is 4.79 Å². The predicted molar refractivity (Wildman–Crippen MR) is 68.7 cm³/mol. The molecular formula is C11H12ClN5O. The fraction of sp³-hybridized carbons (Fsp3) is 0.364. The highest BCUT2D eigenvalue weighted by Gasteiger charge is 2.24. The number of carbonyl (C=O) groups is 1. The Bertz CT molecular complexity index is 610. The van der Waals surface area contributed by atoms with Crippen LogP contribution < -0.4 is 4.90 Å². The number of amides is 1. The zero-order valence-corrected chi connectivity index (χ0v) is 10.6. The lowest BCUT2D eigenvalue weighted by molar-refractivity contribution is -0.129. The number of carbonyl (C=O) groups excluding carboxylic acids is 1. The molecule has 2 aromatic heterocycles. The maximum absolute atomic E-state index is 11.7. The maximum atomic E-state index is 11.7. The largest absolute Gasteiger partial charge is 0.343 e. The van der Waals surface area contributed by atoms with E-state index in [4.69, 9.17) is 11.6 Å². The smallest absolute Gasteiger partial charge is 0.241 e. The van der Waals surface area contributed by atoms with Crippen LogP contribution in [0.25, 0.3) is 10.9 Å². The summed E-state index contributed by atoms with van der Waals surface area (Å²) in [5, 5.41) is 8.47. The summed E-state index contributed by atoms with van der Waals surface area (Å²) in [6.45, 7) is 1.82.